The average molecular weight is 555 g/mol. The number of ether oxygens (including phenoxy) is 1. The Morgan fingerprint density at radius 2 is 1.41 bits per heavy atom. The summed E-state index contributed by atoms with van der Waals surface area (Å²) in [4.78, 5) is 8.22. The summed E-state index contributed by atoms with van der Waals surface area (Å²) in [6, 6.07) is 19.4. The number of nitrogen functional groups attached to an aromatic ring is 1. The second-order valence-electron chi connectivity index (χ2n) is 6.96. The number of aromatic nitrogens is 3. The lowest BCUT2D eigenvalue weighted by molar-refractivity contribution is 0.294. The van der Waals surface area contributed by atoms with Crippen LogP contribution < -0.4 is 10.5 Å². The summed E-state index contributed by atoms with van der Waals surface area (Å²) in [5.74, 6) is 1.67. The fourth-order valence-corrected chi connectivity index (χ4v) is 2.70. The molecule has 1 aromatic carbocycles. The van der Waals surface area contributed by atoms with Crippen molar-refractivity contribution in [1.82, 2.24) is 15.1 Å². The first-order valence-corrected chi connectivity index (χ1v) is 12.7. The van der Waals surface area contributed by atoms with E-state index >= 15 is 0 Å². The number of nitrogens with two attached hydrogens (primary N) is 1. The van der Waals surface area contributed by atoms with Crippen molar-refractivity contribution in [3.63, 3.8) is 0 Å². The first-order valence-electron chi connectivity index (χ1n) is 9.96. The Morgan fingerprint density at radius 1 is 0.811 bits per heavy atom. The van der Waals surface area contributed by atoms with Crippen LogP contribution in [0.2, 0.25) is 0 Å². The van der Waals surface area contributed by atoms with E-state index in [4.69, 9.17) is 50.0 Å². The third kappa shape index (κ3) is 13.1. The van der Waals surface area contributed by atoms with Crippen molar-refractivity contribution in [1.29, 1.82) is 0 Å². The Hall–Kier alpha value is -3.93. The molecule has 0 bridgehead atoms. The van der Waals surface area contributed by atoms with Crippen molar-refractivity contribution in [3.8, 4) is 17.2 Å². The lowest BCUT2D eigenvalue weighted by Crippen LogP contribution is -1.97. The highest BCUT2D eigenvalue weighted by molar-refractivity contribution is 7.80. The van der Waals surface area contributed by atoms with Crippen molar-refractivity contribution in [2.75, 3.05) is 5.73 Å². The second kappa shape index (κ2) is 13.4. The molecule has 4 aromatic rings. The van der Waals surface area contributed by atoms with Crippen LogP contribution in [0.5, 0.6) is 5.88 Å². The van der Waals surface area contributed by atoms with Crippen LogP contribution in [0, 0.1) is 0 Å². The van der Waals surface area contributed by atoms with E-state index in [1.165, 1.54) is 0 Å². The second-order valence-corrected chi connectivity index (χ2v) is 8.76. The third-order valence-corrected chi connectivity index (χ3v) is 4.10. The van der Waals surface area contributed by atoms with Gasteiger partial charge in [0, 0.05) is 30.9 Å². The molecular weight excluding hydrogens is 532 g/mol. The van der Waals surface area contributed by atoms with E-state index in [0.29, 0.717) is 30.5 Å². The Balaban J connectivity index is 0.000000412. The van der Waals surface area contributed by atoms with Crippen molar-refractivity contribution in [2.24, 2.45) is 0 Å². The lowest BCUT2D eigenvalue weighted by Gasteiger charge is -2.05. The highest BCUT2D eigenvalue weighted by atomic mass is 32.3. The molecule has 0 saturated carbocycles. The van der Waals surface area contributed by atoms with Crippen LogP contribution >= 0.6 is 0 Å². The molecule has 6 N–H and O–H groups in total. The van der Waals surface area contributed by atoms with Gasteiger partial charge in [0.15, 0.2) is 5.76 Å². The predicted octanol–water partition coefficient (Wildman–Crippen LogP) is 2.58. The van der Waals surface area contributed by atoms with Gasteiger partial charge >= 0.3 is 20.8 Å². The van der Waals surface area contributed by atoms with Gasteiger partial charge in [-0.05, 0) is 29.3 Å². The molecule has 3 heterocycles. The average Bonchev–Trinajstić information content (AvgIpc) is 3.26. The van der Waals surface area contributed by atoms with Crippen molar-refractivity contribution < 1.29 is 44.3 Å². The summed E-state index contributed by atoms with van der Waals surface area (Å²) >= 11 is 0. The SMILES string of the molecule is Nc1ncccc1-c1cc(Cc2ccc(COc3ccccn3)cc2)no1.O=S(=O)(O)O.O=S(=O)(O)O. The zero-order chi connectivity index (χ0) is 27.5. The van der Waals surface area contributed by atoms with Crippen LogP contribution in [-0.2, 0) is 33.8 Å². The molecule has 14 nitrogen and oxygen atoms in total. The maximum absolute atomic E-state index is 8.74. The first kappa shape index (κ1) is 29.3. The van der Waals surface area contributed by atoms with Crippen molar-refractivity contribution in [3.05, 3.63) is 89.9 Å². The molecule has 37 heavy (non-hydrogen) atoms. The van der Waals surface area contributed by atoms with Crippen molar-refractivity contribution in [2.45, 2.75) is 13.0 Å². The zero-order valence-corrected chi connectivity index (χ0v) is 20.4. The number of pyridine rings is 2. The van der Waals surface area contributed by atoms with E-state index in [0.717, 1.165) is 22.4 Å². The number of benzene rings is 1. The summed E-state index contributed by atoms with van der Waals surface area (Å²) in [6.45, 7) is 0.478. The van der Waals surface area contributed by atoms with E-state index in [-0.39, 0.29) is 0 Å². The lowest BCUT2D eigenvalue weighted by atomic mass is 10.1. The summed E-state index contributed by atoms with van der Waals surface area (Å²) < 4.78 is 74.2. The molecule has 0 aliphatic heterocycles. The van der Waals surface area contributed by atoms with Crippen LogP contribution in [0.4, 0.5) is 5.82 Å². The van der Waals surface area contributed by atoms with Crippen LogP contribution in [0.15, 0.2) is 77.6 Å². The molecule has 3 aromatic heterocycles. The molecule has 0 aliphatic rings. The summed E-state index contributed by atoms with van der Waals surface area (Å²) in [7, 11) is -9.33. The van der Waals surface area contributed by atoms with E-state index < -0.39 is 20.8 Å². The molecule has 16 heteroatoms. The molecular formula is C21H22N4O10S2. The van der Waals surface area contributed by atoms with Crippen LogP contribution in [-0.4, -0.2) is 50.2 Å². The number of anilines is 1. The van der Waals surface area contributed by atoms with E-state index in [9.17, 15) is 0 Å². The topological polar surface area (TPSA) is 236 Å². The van der Waals surface area contributed by atoms with Gasteiger partial charge in [-0.15, -0.1) is 0 Å². The molecule has 0 aliphatic carbocycles. The fourth-order valence-electron chi connectivity index (χ4n) is 2.70. The molecule has 0 amide bonds. The molecule has 0 atom stereocenters. The Bertz CT molecular complexity index is 1430. The third-order valence-electron chi connectivity index (χ3n) is 4.10. The molecule has 0 spiro atoms. The monoisotopic (exact) mass is 554 g/mol. The molecule has 198 valence electrons. The summed E-state index contributed by atoms with van der Waals surface area (Å²) in [5, 5.41) is 4.14. The zero-order valence-electron chi connectivity index (χ0n) is 18.8. The van der Waals surface area contributed by atoms with Gasteiger partial charge in [0.05, 0.1) is 11.3 Å². The molecule has 0 fully saturated rings. The highest BCUT2D eigenvalue weighted by Gasteiger charge is 2.10. The number of nitrogens with zero attached hydrogens (tertiary/aromatic N) is 3. The standard InChI is InChI=1S/C21H18N4O2.2H2O4S/c22-21-18(4-3-11-24-21)19-13-17(25-27-19)12-15-6-8-16(9-7-15)14-26-20-5-1-2-10-23-20;2*1-5(2,3)4/h1-11,13H,12,14H2,(H2,22,24);2*(H2,1,2,3,4). The van der Waals surface area contributed by atoms with Gasteiger partial charge in [0.2, 0.25) is 5.88 Å². The number of hydrogen-bond donors (Lipinski definition) is 5. The van der Waals surface area contributed by atoms with Gasteiger partial charge in [-0.1, -0.05) is 35.5 Å². The van der Waals surface area contributed by atoms with E-state index in [2.05, 4.69) is 27.3 Å². The van der Waals surface area contributed by atoms with Crippen molar-refractivity contribution >= 4 is 26.6 Å². The normalized spacial score (nSPS) is 10.9. The maximum atomic E-state index is 8.74. The predicted molar refractivity (Wildman–Crippen MR) is 130 cm³/mol. The summed E-state index contributed by atoms with van der Waals surface area (Å²) in [5.41, 5.74) is 9.69. The highest BCUT2D eigenvalue weighted by Crippen LogP contribution is 2.25. The maximum Gasteiger partial charge on any atom is 0.394 e. The van der Waals surface area contributed by atoms with Crippen LogP contribution in [0.25, 0.3) is 11.3 Å². The minimum Gasteiger partial charge on any atom is -0.473 e. The Labute approximate surface area is 211 Å². The minimum absolute atomic E-state index is 0.428. The van der Waals surface area contributed by atoms with Crippen LogP contribution in [0.3, 0.4) is 0 Å². The molecule has 0 unspecified atom stereocenters. The van der Waals surface area contributed by atoms with Gasteiger partial charge in [0.25, 0.3) is 0 Å². The van der Waals surface area contributed by atoms with Gasteiger partial charge in [-0.2, -0.15) is 16.8 Å². The smallest absolute Gasteiger partial charge is 0.394 e. The quantitative estimate of drug-likeness (QED) is 0.215. The van der Waals surface area contributed by atoms with Gasteiger partial charge in [0.1, 0.15) is 12.4 Å². The number of hydrogen-bond acceptors (Lipinski definition) is 10. The molecule has 0 saturated heterocycles. The first-order chi connectivity index (χ1) is 17.3. The van der Waals surface area contributed by atoms with Gasteiger partial charge in [-0.25, -0.2) is 9.97 Å². The summed E-state index contributed by atoms with van der Waals surface area (Å²) in [6.07, 6.45) is 4.03. The Kier molecular flexibility index (Phi) is 10.6. The Morgan fingerprint density at radius 3 is 1.97 bits per heavy atom. The van der Waals surface area contributed by atoms with E-state index in [1.807, 2.05) is 48.5 Å². The van der Waals surface area contributed by atoms with Crippen LogP contribution in [0.1, 0.15) is 16.8 Å². The fraction of sp³-hybridized carbons (Fsp3) is 0.0952. The minimum atomic E-state index is -4.67. The van der Waals surface area contributed by atoms with Gasteiger partial charge < -0.3 is 15.0 Å². The largest absolute Gasteiger partial charge is 0.473 e. The number of rotatable bonds is 6. The van der Waals surface area contributed by atoms with E-state index in [1.54, 1.807) is 12.4 Å². The molecule has 4 rings (SSSR count). The van der Waals surface area contributed by atoms with Gasteiger partial charge in [-0.3, -0.25) is 18.2 Å². The molecule has 0 radical (unpaired) electrons.